The topological polar surface area (TPSA) is 58.4 Å². The van der Waals surface area contributed by atoms with E-state index in [2.05, 4.69) is 16.9 Å². The second-order valence-corrected chi connectivity index (χ2v) is 3.70. The number of hydrogen-bond donors (Lipinski definition) is 1. The minimum absolute atomic E-state index is 0.225. The van der Waals surface area contributed by atoms with Crippen LogP contribution in [0.5, 0.6) is 0 Å². The second kappa shape index (κ2) is 3.66. The van der Waals surface area contributed by atoms with Crippen LogP contribution in [0.15, 0.2) is 0 Å². The minimum atomic E-state index is -0.920. The molecule has 5 nitrogen and oxygen atoms in total. The molecule has 0 fully saturated rings. The highest BCUT2D eigenvalue weighted by molar-refractivity contribution is 5.87. The van der Waals surface area contributed by atoms with Crippen LogP contribution in [0.3, 0.4) is 0 Å². The van der Waals surface area contributed by atoms with Gasteiger partial charge in [0.05, 0.1) is 5.69 Å². The molecule has 0 saturated heterocycles. The van der Waals surface area contributed by atoms with Crippen molar-refractivity contribution in [1.82, 2.24) is 14.7 Å². The number of aryl methyl sites for hydroxylation is 1. The van der Waals surface area contributed by atoms with Crippen LogP contribution in [0.25, 0.3) is 0 Å². The molecule has 2 rings (SSSR count). The van der Waals surface area contributed by atoms with Crippen LogP contribution in [0, 0.1) is 0 Å². The molecule has 1 N–H and O–H groups in total. The predicted octanol–water partition coefficient (Wildman–Crippen LogP) is 0.937. The number of carbonyl (C=O) groups is 1. The normalized spacial score (nSPS) is 15.6. The first-order valence-corrected chi connectivity index (χ1v) is 5.21. The van der Waals surface area contributed by atoms with Gasteiger partial charge < -0.3 is 5.11 Å². The molecule has 0 aromatic carbocycles. The van der Waals surface area contributed by atoms with Crippen LogP contribution < -0.4 is 0 Å². The third kappa shape index (κ3) is 1.52. The van der Waals surface area contributed by atoms with Gasteiger partial charge in [-0.15, -0.1) is 0 Å². The highest BCUT2D eigenvalue weighted by Gasteiger charge is 2.29. The molecule has 1 aliphatic heterocycles. The monoisotopic (exact) mass is 209 g/mol. The summed E-state index contributed by atoms with van der Waals surface area (Å²) in [6, 6.07) is 0. The van der Waals surface area contributed by atoms with Crippen molar-refractivity contribution in [3.8, 4) is 0 Å². The van der Waals surface area contributed by atoms with Gasteiger partial charge in [-0.2, -0.15) is 5.10 Å². The van der Waals surface area contributed by atoms with Crippen LogP contribution in [0.2, 0.25) is 0 Å². The minimum Gasteiger partial charge on any atom is -0.476 e. The van der Waals surface area contributed by atoms with E-state index in [9.17, 15) is 4.79 Å². The lowest BCUT2D eigenvalue weighted by atomic mass is 10.2. The number of hydrogen-bond acceptors (Lipinski definition) is 3. The summed E-state index contributed by atoms with van der Waals surface area (Å²) in [5.41, 5.74) is 2.19. The quantitative estimate of drug-likeness (QED) is 0.804. The van der Waals surface area contributed by atoms with Crippen LogP contribution in [-0.4, -0.2) is 32.3 Å². The Hall–Kier alpha value is -1.36. The Bertz CT molecular complexity index is 398. The fraction of sp³-hybridized carbons (Fsp3) is 0.600. The molecule has 0 radical (unpaired) electrons. The van der Waals surface area contributed by atoms with E-state index in [-0.39, 0.29) is 5.69 Å². The first kappa shape index (κ1) is 10.2. The van der Waals surface area contributed by atoms with E-state index in [4.69, 9.17) is 5.11 Å². The van der Waals surface area contributed by atoms with Crippen LogP contribution in [-0.2, 0) is 19.6 Å². The van der Waals surface area contributed by atoms with Crippen molar-refractivity contribution in [3.63, 3.8) is 0 Å². The van der Waals surface area contributed by atoms with Crippen molar-refractivity contribution in [2.45, 2.75) is 33.5 Å². The average molecular weight is 209 g/mol. The first-order valence-electron chi connectivity index (χ1n) is 5.21. The van der Waals surface area contributed by atoms with Crippen molar-refractivity contribution in [2.24, 2.45) is 0 Å². The van der Waals surface area contributed by atoms with E-state index < -0.39 is 5.97 Å². The summed E-state index contributed by atoms with van der Waals surface area (Å²) in [6.07, 6.45) is 0. The van der Waals surface area contributed by atoms with Gasteiger partial charge in [-0.05, 0) is 13.5 Å². The molecule has 1 aromatic heterocycles. The number of rotatable bonds is 3. The largest absolute Gasteiger partial charge is 0.476 e. The molecule has 1 aliphatic rings. The number of nitrogens with zero attached hydrogens (tertiary/aromatic N) is 3. The van der Waals surface area contributed by atoms with E-state index in [1.165, 1.54) is 0 Å². The van der Waals surface area contributed by atoms with Gasteiger partial charge in [-0.3, -0.25) is 9.58 Å². The van der Waals surface area contributed by atoms with Crippen LogP contribution >= 0.6 is 0 Å². The lowest BCUT2D eigenvalue weighted by Gasteiger charge is -2.11. The number of carboxylic acids is 1. The Morgan fingerprint density at radius 2 is 2.13 bits per heavy atom. The fourth-order valence-corrected chi connectivity index (χ4v) is 2.03. The Labute approximate surface area is 88.3 Å². The van der Waals surface area contributed by atoms with Gasteiger partial charge in [0.15, 0.2) is 5.69 Å². The summed E-state index contributed by atoms with van der Waals surface area (Å²) in [5.74, 6) is -0.920. The molecule has 0 unspecified atom stereocenters. The third-order valence-electron chi connectivity index (χ3n) is 2.87. The molecular weight excluding hydrogens is 194 g/mol. The van der Waals surface area contributed by atoms with Gasteiger partial charge in [0.25, 0.3) is 0 Å². The van der Waals surface area contributed by atoms with E-state index in [1.807, 2.05) is 6.92 Å². The molecule has 0 aliphatic carbocycles. The molecule has 1 aromatic rings. The summed E-state index contributed by atoms with van der Waals surface area (Å²) < 4.78 is 1.80. The SMILES string of the molecule is CCN1Cc2c(C(=O)O)nn(CC)c2C1. The zero-order valence-electron chi connectivity index (χ0n) is 9.03. The van der Waals surface area contributed by atoms with Crippen molar-refractivity contribution in [3.05, 3.63) is 17.0 Å². The lowest BCUT2D eigenvalue weighted by Crippen LogP contribution is -2.18. The van der Waals surface area contributed by atoms with E-state index in [0.717, 1.165) is 30.9 Å². The van der Waals surface area contributed by atoms with Crippen molar-refractivity contribution < 1.29 is 9.90 Å². The lowest BCUT2D eigenvalue weighted by molar-refractivity contribution is 0.0687. The Balaban J connectivity index is 2.42. The van der Waals surface area contributed by atoms with Crippen molar-refractivity contribution in [2.75, 3.05) is 6.54 Å². The molecular formula is C10H15N3O2. The number of aromatic carboxylic acids is 1. The smallest absolute Gasteiger partial charge is 0.356 e. The summed E-state index contributed by atoms with van der Waals surface area (Å²) in [6.45, 7) is 7.27. The molecule has 15 heavy (non-hydrogen) atoms. The maximum Gasteiger partial charge on any atom is 0.356 e. The van der Waals surface area contributed by atoms with Crippen LogP contribution in [0.1, 0.15) is 35.6 Å². The molecule has 0 bridgehead atoms. The molecule has 2 heterocycles. The Morgan fingerprint density at radius 1 is 1.40 bits per heavy atom. The zero-order valence-corrected chi connectivity index (χ0v) is 9.03. The van der Waals surface area contributed by atoms with E-state index >= 15 is 0 Å². The molecule has 5 heteroatoms. The number of aromatic nitrogens is 2. The number of fused-ring (bicyclic) bond motifs is 1. The van der Waals surface area contributed by atoms with Gasteiger partial charge in [0, 0.05) is 25.2 Å². The molecule has 0 spiro atoms. The summed E-state index contributed by atoms with van der Waals surface area (Å²) in [4.78, 5) is 13.2. The summed E-state index contributed by atoms with van der Waals surface area (Å²) >= 11 is 0. The van der Waals surface area contributed by atoms with Crippen molar-refractivity contribution >= 4 is 5.97 Å². The number of carboxylic acid groups (broad SMARTS) is 1. The van der Waals surface area contributed by atoms with Gasteiger partial charge in [0.2, 0.25) is 0 Å². The maximum absolute atomic E-state index is 11.0. The van der Waals surface area contributed by atoms with Gasteiger partial charge in [-0.25, -0.2) is 4.79 Å². The fourth-order valence-electron chi connectivity index (χ4n) is 2.03. The van der Waals surface area contributed by atoms with Gasteiger partial charge in [0.1, 0.15) is 0 Å². The standard InChI is InChI=1S/C10H15N3O2/c1-3-12-5-7-8(6-12)13(4-2)11-9(7)10(14)15/h3-6H2,1-2H3,(H,14,15). The summed E-state index contributed by atoms with van der Waals surface area (Å²) in [7, 11) is 0. The second-order valence-electron chi connectivity index (χ2n) is 3.70. The van der Waals surface area contributed by atoms with Gasteiger partial charge >= 0.3 is 5.97 Å². The molecule has 0 atom stereocenters. The highest BCUT2D eigenvalue weighted by atomic mass is 16.4. The first-order chi connectivity index (χ1) is 7.17. The predicted molar refractivity (Wildman–Crippen MR) is 54.6 cm³/mol. The van der Waals surface area contributed by atoms with Crippen LogP contribution in [0.4, 0.5) is 0 Å². The average Bonchev–Trinajstić information content (AvgIpc) is 2.73. The highest BCUT2D eigenvalue weighted by Crippen LogP contribution is 2.25. The Kier molecular flexibility index (Phi) is 2.48. The Morgan fingerprint density at radius 3 is 2.67 bits per heavy atom. The maximum atomic E-state index is 11.0. The van der Waals surface area contributed by atoms with Gasteiger partial charge in [-0.1, -0.05) is 6.92 Å². The molecule has 0 saturated carbocycles. The molecule has 82 valence electrons. The zero-order chi connectivity index (χ0) is 11.0. The van der Waals surface area contributed by atoms with E-state index in [1.54, 1.807) is 4.68 Å². The van der Waals surface area contributed by atoms with E-state index in [0.29, 0.717) is 6.54 Å². The summed E-state index contributed by atoms with van der Waals surface area (Å²) in [5, 5.41) is 13.1. The third-order valence-corrected chi connectivity index (χ3v) is 2.87. The molecule has 0 amide bonds. The van der Waals surface area contributed by atoms with Crippen molar-refractivity contribution in [1.29, 1.82) is 0 Å².